The van der Waals surface area contributed by atoms with Gasteiger partial charge in [-0.25, -0.2) is 0 Å². The maximum Gasteiger partial charge on any atom is 0.304 e. The molecule has 1 N–H and O–H groups in total. The van der Waals surface area contributed by atoms with Crippen LogP contribution in [0.3, 0.4) is 0 Å². The third-order valence-electron chi connectivity index (χ3n) is 4.86. The van der Waals surface area contributed by atoms with Crippen molar-refractivity contribution in [3.05, 3.63) is 59.9 Å². The number of benzene rings is 1. The zero-order chi connectivity index (χ0) is 17.6. The Hall–Kier alpha value is -2.40. The fourth-order valence-corrected chi connectivity index (χ4v) is 3.62. The minimum atomic E-state index is -0.702. The third-order valence-corrected chi connectivity index (χ3v) is 4.86. The number of carbonyl (C=O) groups is 1. The summed E-state index contributed by atoms with van der Waals surface area (Å²) in [6, 6.07) is 12.5. The summed E-state index contributed by atoms with van der Waals surface area (Å²) in [4.78, 5) is 13.3. The Kier molecular flexibility index (Phi) is 5.66. The molecule has 5 nitrogen and oxygen atoms in total. The number of hydrogen-bond donors (Lipinski definition) is 1. The van der Waals surface area contributed by atoms with Crippen molar-refractivity contribution in [1.82, 2.24) is 14.7 Å². The third kappa shape index (κ3) is 4.37. The summed E-state index contributed by atoms with van der Waals surface area (Å²) in [5, 5.41) is 13.4. The molecule has 25 heavy (non-hydrogen) atoms. The zero-order valence-corrected chi connectivity index (χ0v) is 14.6. The van der Waals surface area contributed by atoms with Gasteiger partial charge in [0.25, 0.3) is 0 Å². The van der Waals surface area contributed by atoms with Crippen LogP contribution in [0.1, 0.15) is 36.9 Å². The number of rotatable bonds is 7. The van der Waals surface area contributed by atoms with Crippen LogP contribution in [0.4, 0.5) is 0 Å². The van der Waals surface area contributed by atoms with E-state index in [0.717, 1.165) is 38.0 Å². The van der Waals surface area contributed by atoms with Crippen LogP contribution in [-0.4, -0.2) is 44.9 Å². The average molecular weight is 339 g/mol. The molecule has 1 aromatic heterocycles. The maximum atomic E-state index is 11.0. The van der Waals surface area contributed by atoms with Crippen molar-refractivity contribution >= 4 is 11.5 Å². The van der Waals surface area contributed by atoms with E-state index >= 15 is 0 Å². The van der Waals surface area contributed by atoms with E-state index in [4.69, 9.17) is 5.11 Å². The van der Waals surface area contributed by atoms with Gasteiger partial charge in [-0.1, -0.05) is 36.4 Å². The second kappa shape index (κ2) is 8.12. The summed E-state index contributed by atoms with van der Waals surface area (Å²) in [5.74, 6) is -0.702. The van der Waals surface area contributed by atoms with E-state index in [1.807, 2.05) is 42.2 Å². The molecule has 0 unspecified atom stereocenters. The fraction of sp³-hybridized carbons (Fsp3) is 0.400. The molecule has 0 aliphatic carbocycles. The first-order valence-corrected chi connectivity index (χ1v) is 8.85. The lowest BCUT2D eigenvalue weighted by Gasteiger charge is -2.22. The van der Waals surface area contributed by atoms with Crippen LogP contribution in [0.2, 0.25) is 0 Å². The van der Waals surface area contributed by atoms with Gasteiger partial charge in [-0.3, -0.25) is 14.4 Å². The topological polar surface area (TPSA) is 58.4 Å². The number of hydrogen-bond acceptors (Lipinski definition) is 3. The number of aromatic nitrogens is 2. The van der Waals surface area contributed by atoms with Crippen molar-refractivity contribution in [3.8, 4) is 0 Å². The summed E-state index contributed by atoms with van der Waals surface area (Å²) in [7, 11) is 1.95. The number of carboxylic acids is 1. The van der Waals surface area contributed by atoms with Crippen molar-refractivity contribution in [2.75, 3.05) is 13.1 Å². The molecule has 0 radical (unpaired) electrons. The first kappa shape index (κ1) is 17.4. The monoisotopic (exact) mass is 339 g/mol. The summed E-state index contributed by atoms with van der Waals surface area (Å²) in [6.07, 6.45) is 7.29. The molecule has 0 amide bonds. The highest BCUT2D eigenvalue weighted by molar-refractivity contribution is 5.77. The van der Waals surface area contributed by atoms with Crippen molar-refractivity contribution in [3.63, 3.8) is 0 Å². The maximum absolute atomic E-state index is 11.0. The summed E-state index contributed by atoms with van der Waals surface area (Å²) in [6.45, 7) is 1.89. The molecule has 3 rings (SSSR count). The molecule has 1 fully saturated rings. The van der Waals surface area contributed by atoms with Crippen LogP contribution in [0, 0.1) is 0 Å². The lowest BCUT2D eigenvalue weighted by atomic mass is 10.0. The molecular formula is C20H25N3O2. The van der Waals surface area contributed by atoms with Gasteiger partial charge >= 0.3 is 5.97 Å². The number of carboxylic acid groups (broad SMARTS) is 1. The normalized spacial score (nSPS) is 18.6. The predicted molar refractivity (Wildman–Crippen MR) is 98.2 cm³/mol. The van der Waals surface area contributed by atoms with Gasteiger partial charge in [0.05, 0.1) is 12.1 Å². The van der Waals surface area contributed by atoms with Gasteiger partial charge < -0.3 is 5.11 Å². The average Bonchev–Trinajstić information content (AvgIpc) is 3.21. The molecule has 1 aliphatic rings. The van der Waals surface area contributed by atoms with E-state index in [2.05, 4.69) is 28.2 Å². The van der Waals surface area contributed by atoms with Crippen LogP contribution in [-0.2, 0) is 11.8 Å². The molecule has 1 aliphatic heterocycles. The number of aliphatic carboxylic acids is 1. The highest BCUT2D eigenvalue weighted by Crippen LogP contribution is 2.25. The van der Waals surface area contributed by atoms with Crippen molar-refractivity contribution < 1.29 is 9.90 Å². The molecule has 0 saturated carbocycles. The number of nitrogens with zero attached hydrogens (tertiary/aromatic N) is 3. The molecule has 1 saturated heterocycles. The van der Waals surface area contributed by atoms with Gasteiger partial charge in [0.1, 0.15) is 0 Å². The Morgan fingerprint density at radius 2 is 2.12 bits per heavy atom. The molecule has 2 aromatic rings. The highest BCUT2D eigenvalue weighted by atomic mass is 16.4. The summed E-state index contributed by atoms with van der Waals surface area (Å²) < 4.78 is 1.89. The lowest BCUT2D eigenvalue weighted by molar-refractivity contribution is -0.138. The van der Waals surface area contributed by atoms with E-state index in [1.54, 1.807) is 0 Å². The Morgan fingerprint density at radius 3 is 2.80 bits per heavy atom. The Morgan fingerprint density at radius 1 is 1.32 bits per heavy atom. The molecule has 132 valence electrons. The van der Waals surface area contributed by atoms with Gasteiger partial charge in [-0.2, -0.15) is 5.10 Å². The van der Waals surface area contributed by atoms with E-state index in [-0.39, 0.29) is 12.5 Å². The second-order valence-corrected chi connectivity index (χ2v) is 6.54. The predicted octanol–water partition coefficient (Wildman–Crippen LogP) is 3.18. The van der Waals surface area contributed by atoms with Crippen LogP contribution in [0.5, 0.6) is 0 Å². The molecular weight excluding hydrogens is 314 g/mol. The van der Waals surface area contributed by atoms with Crippen LogP contribution in [0.25, 0.3) is 5.57 Å². The smallest absolute Gasteiger partial charge is 0.304 e. The minimum absolute atomic E-state index is 0.183. The minimum Gasteiger partial charge on any atom is -0.481 e. The molecule has 0 bridgehead atoms. The van der Waals surface area contributed by atoms with E-state index in [0.29, 0.717) is 0 Å². The molecule has 1 aromatic carbocycles. The number of aryl methyl sites for hydroxylation is 1. The molecule has 2 heterocycles. The molecule has 1 atom stereocenters. The van der Waals surface area contributed by atoms with Gasteiger partial charge in [0.15, 0.2) is 0 Å². The summed E-state index contributed by atoms with van der Waals surface area (Å²) in [5.41, 5.74) is 3.44. The molecule has 5 heteroatoms. The quantitative estimate of drug-likeness (QED) is 0.842. The Balaban J connectivity index is 1.74. The van der Waals surface area contributed by atoms with Crippen LogP contribution >= 0.6 is 0 Å². The fourth-order valence-electron chi connectivity index (χ4n) is 3.62. The standard InChI is InChI=1S/C20H25N3O2/c1-22-19(11-12-21-22)18(16-7-3-2-4-8-16)10-6-14-23-13-5-9-17(23)15-20(24)25/h2-4,7-8,10-12,17H,5-6,9,13-15H2,1H3,(H,24,25)/t17-/m0/s1. The van der Waals surface area contributed by atoms with Gasteiger partial charge in [-0.05, 0) is 37.4 Å². The second-order valence-electron chi connectivity index (χ2n) is 6.54. The largest absolute Gasteiger partial charge is 0.481 e. The van der Waals surface area contributed by atoms with Crippen molar-refractivity contribution in [2.24, 2.45) is 7.05 Å². The van der Waals surface area contributed by atoms with Crippen molar-refractivity contribution in [2.45, 2.75) is 31.7 Å². The first-order valence-electron chi connectivity index (χ1n) is 8.85. The van der Waals surface area contributed by atoms with Crippen LogP contribution < -0.4 is 0 Å². The SMILES string of the molecule is Cn1nccc1C(=CCCN1CCC[C@H]1CC(=O)O)c1ccccc1. The van der Waals surface area contributed by atoms with E-state index in [9.17, 15) is 4.79 Å². The zero-order valence-electron chi connectivity index (χ0n) is 14.6. The van der Waals surface area contributed by atoms with Crippen LogP contribution in [0.15, 0.2) is 48.7 Å². The van der Waals surface area contributed by atoms with Gasteiger partial charge in [0.2, 0.25) is 0 Å². The number of likely N-dealkylation sites (tertiary alicyclic amines) is 1. The Labute approximate surface area is 148 Å². The van der Waals surface area contributed by atoms with E-state index < -0.39 is 5.97 Å². The highest BCUT2D eigenvalue weighted by Gasteiger charge is 2.25. The first-order chi connectivity index (χ1) is 12.1. The van der Waals surface area contributed by atoms with E-state index in [1.165, 1.54) is 11.1 Å². The summed E-state index contributed by atoms with van der Waals surface area (Å²) >= 11 is 0. The van der Waals surface area contributed by atoms with Crippen molar-refractivity contribution in [1.29, 1.82) is 0 Å². The lowest BCUT2D eigenvalue weighted by Crippen LogP contribution is -2.32. The Bertz CT molecular complexity index is 736. The van der Waals surface area contributed by atoms with Gasteiger partial charge in [0, 0.05) is 31.4 Å². The molecule has 0 spiro atoms. The van der Waals surface area contributed by atoms with Gasteiger partial charge in [-0.15, -0.1) is 0 Å².